The van der Waals surface area contributed by atoms with Gasteiger partial charge in [-0.2, -0.15) is 0 Å². The van der Waals surface area contributed by atoms with E-state index in [0.717, 1.165) is 4.90 Å². The van der Waals surface area contributed by atoms with Gasteiger partial charge in [-0.3, -0.25) is 14.5 Å². The normalized spacial score (nSPS) is 18.4. The molecule has 8 nitrogen and oxygen atoms in total. The summed E-state index contributed by atoms with van der Waals surface area (Å²) in [6, 6.07) is 11.4. The molecule has 3 rings (SSSR count). The predicted molar refractivity (Wildman–Crippen MR) is 110 cm³/mol. The first-order chi connectivity index (χ1) is 13.8. The van der Waals surface area contributed by atoms with Crippen molar-refractivity contribution in [2.24, 2.45) is 0 Å². The Morgan fingerprint density at radius 3 is 2.55 bits per heavy atom. The van der Waals surface area contributed by atoms with Gasteiger partial charge in [-0.25, -0.2) is 4.79 Å². The van der Waals surface area contributed by atoms with Crippen LogP contribution in [0.5, 0.6) is 11.5 Å². The Morgan fingerprint density at radius 2 is 1.90 bits per heavy atom. The lowest BCUT2D eigenvalue weighted by Gasteiger charge is -2.23. The van der Waals surface area contributed by atoms with Gasteiger partial charge in [0.2, 0.25) is 5.91 Å². The zero-order valence-corrected chi connectivity index (χ0v) is 17.7. The fraction of sp³-hybridized carbons (Fsp3) is 0.250. The Morgan fingerprint density at radius 1 is 1.17 bits per heavy atom. The molecular formula is C20H20BrN3O5. The smallest absolute Gasteiger partial charge is 0.325 e. The van der Waals surface area contributed by atoms with Gasteiger partial charge in [-0.15, -0.1) is 0 Å². The molecule has 1 aliphatic rings. The van der Waals surface area contributed by atoms with Gasteiger partial charge in [-0.05, 0) is 25.1 Å². The van der Waals surface area contributed by atoms with Crippen molar-refractivity contribution in [1.29, 1.82) is 0 Å². The number of carbonyl (C=O) groups excluding carboxylic acids is 3. The molecule has 9 heteroatoms. The fourth-order valence-corrected chi connectivity index (χ4v) is 3.82. The highest BCUT2D eigenvalue weighted by Crippen LogP contribution is 2.34. The van der Waals surface area contributed by atoms with E-state index in [4.69, 9.17) is 9.47 Å². The van der Waals surface area contributed by atoms with Crippen molar-refractivity contribution in [3.8, 4) is 11.5 Å². The topological polar surface area (TPSA) is 97.0 Å². The first-order valence-electron chi connectivity index (χ1n) is 8.71. The van der Waals surface area contributed by atoms with Crippen molar-refractivity contribution >= 4 is 39.5 Å². The number of carbonyl (C=O) groups is 3. The van der Waals surface area contributed by atoms with Crippen molar-refractivity contribution in [2.75, 3.05) is 26.1 Å². The van der Waals surface area contributed by atoms with Crippen LogP contribution in [0.2, 0.25) is 0 Å². The lowest BCUT2D eigenvalue weighted by atomic mass is 9.92. The Labute approximate surface area is 176 Å². The summed E-state index contributed by atoms with van der Waals surface area (Å²) in [6.07, 6.45) is 0. The number of nitrogens with one attached hydrogen (secondary N) is 2. The number of halogens is 1. The molecule has 0 bridgehead atoms. The maximum Gasteiger partial charge on any atom is 0.325 e. The first-order valence-corrected chi connectivity index (χ1v) is 9.50. The van der Waals surface area contributed by atoms with E-state index in [2.05, 4.69) is 26.6 Å². The van der Waals surface area contributed by atoms with Gasteiger partial charge in [0, 0.05) is 16.1 Å². The second kappa shape index (κ2) is 8.12. The molecule has 1 fully saturated rings. The summed E-state index contributed by atoms with van der Waals surface area (Å²) in [7, 11) is 2.97. The zero-order chi connectivity index (χ0) is 21.2. The van der Waals surface area contributed by atoms with E-state index in [-0.39, 0.29) is 0 Å². The Bertz CT molecular complexity index is 980. The minimum Gasteiger partial charge on any atom is -0.497 e. The molecule has 2 aromatic carbocycles. The number of hydrogen-bond donors (Lipinski definition) is 2. The van der Waals surface area contributed by atoms with Gasteiger partial charge < -0.3 is 20.1 Å². The monoisotopic (exact) mass is 461 g/mol. The molecule has 1 atom stereocenters. The number of methoxy groups -OCH3 is 2. The fourth-order valence-electron chi connectivity index (χ4n) is 3.13. The maximum absolute atomic E-state index is 13.0. The minimum absolute atomic E-state index is 0.373. The molecule has 0 aliphatic carbocycles. The number of benzene rings is 2. The van der Waals surface area contributed by atoms with E-state index in [0.29, 0.717) is 27.2 Å². The molecule has 1 heterocycles. The number of nitrogens with zero attached hydrogens (tertiary/aromatic N) is 1. The van der Waals surface area contributed by atoms with Gasteiger partial charge in [0.25, 0.3) is 5.91 Å². The van der Waals surface area contributed by atoms with Crippen LogP contribution in [0.15, 0.2) is 46.9 Å². The Kier molecular flexibility index (Phi) is 5.78. The molecular weight excluding hydrogens is 442 g/mol. The van der Waals surface area contributed by atoms with Crippen molar-refractivity contribution in [2.45, 2.75) is 12.5 Å². The lowest BCUT2D eigenvalue weighted by Crippen LogP contribution is -2.42. The van der Waals surface area contributed by atoms with Crippen molar-refractivity contribution in [3.05, 3.63) is 52.5 Å². The number of amides is 4. The van der Waals surface area contributed by atoms with Crippen LogP contribution in [-0.2, 0) is 15.1 Å². The third-order valence-corrected chi connectivity index (χ3v) is 5.36. The summed E-state index contributed by atoms with van der Waals surface area (Å²) in [4.78, 5) is 38.9. The average molecular weight is 462 g/mol. The molecule has 0 saturated carbocycles. The number of hydrogen-bond acceptors (Lipinski definition) is 5. The number of imide groups is 1. The Hall–Kier alpha value is -3.07. The zero-order valence-electron chi connectivity index (χ0n) is 16.1. The van der Waals surface area contributed by atoms with Gasteiger partial charge in [0.15, 0.2) is 0 Å². The molecule has 0 radical (unpaired) electrons. The van der Waals surface area contributed by atoms with E-state index in [9.17, 15) is 14.4 Å². The third-order valence-electron chi connectivity index (χ3n) is 4.67. The quantitative estimate of drug-likeness (QED) is 0.644. The van der Waals surface area contributed by atoms with Crippen LogP contribution in [-0.4, -0.2) is 43.5 Å². The molecule has 0 unspecified atom stereocenters. The second-order valence-corrected chi connectivity index (χ2v) is 7.40. The van der Waals surface area contributed by atoms with Crippen LogP contribution >= 0.6 is 15.9 Å². The molecule has 2 aromatic rings. The van der Waals surface area contributed by atoms with Crippen LogP contribution in [0.3, 0.4) is 0 Å². The highest BCUT2D eigenvalue weighted by molar-refractivity contribution is 9.10. The summed E-state index contributed by atoms with van der Waals surface area (Å²) in [5.74, 6) is -0.106. The molecule has 1 saturated heterocycles. The number of urea groups is 1. The molecule has 0 spiro atoms. The summed E-state index contributed by atoms with van der Waals surface area (Å²) in [6.45, 7) is 1.17. The first kappa shape index (κ1) is 20.7. The van der Waals surface area contributed by atoms with E-state index in [1.165, 1.54) is 14.2 Å². The van der Waals surface area contributed by atoms with Gasteiger partial charge >= 0.3 is 6.03 Å². The minimum atomic E-state index is -1.27. The standard InChI is InChI=1S/C20H20BrN3O5/c1-20(13-6-4-5-7-14(13)21)18(26)24(19(27)23-20)11-17(25)22-15-10-12(28-2)8-9-16(15)29-3/h4-10H,11H2,1-3H3,(H,22,25)(H,23,27)/t20-/m0/s1. The van der Waals surface area contributed by atoms with E-state index in [1.54, 1.807) is 43.3 Å². The largest absolute Gasteiger partial charge is 0.497 e. The van der Waals surface area contributed by atoms with Gasteiger partial charge in [0.1, 0.15) is 23.6 Å². The van der Waals surface area contributed by atoms with Crippen molar-refractivity contribution in [3.63, 3.8) is 0 Å². The number of ether oxygens (including phenoxy) is 2. The molecule has 2 N–H and O–H groups in total. The second-order valence-electron chi connectivity index (χ2n) is 6.54. The van der Waals surface area contributed by atoms with Crippen molar-refractivity contribution in [1.82, 2.24) is 10.2 Å². The molecule has 29 heavy (non-hydrogen) atoms. The van der Waals surface area contributed by atoms with E-state index >= 15 is 0 Å². The Balaban J connectivity index is 1.79. The third kappa shape index (κ3) is 3.91. The molecule has 0 aromatic heterocycles. The van der Waals surface area contributed by atoms with E-state index < -0.39 is 29.9 Å². The molecule has 4 amide bonds. The number of anilines is 1. The highest BCUT2D eigenvalue weighted by atomic mass is 79.9. The summed E-state index contributed by atoms with van der Waals surface area (Å²) in [5, 5.41) is 5.34. The average Bonchev–Trinajstić information content (AvgIpc) is 2.92. The van der Waals surface area contributed by atoms with Crippen LogP contribution < -0.4 is 20.1 Å². The van der Waals surface area contributed by atoms with Crippen molar-refractivity contribution < 1.29 is 23.9 Å². The van der Waals surface area contributed by atoms with Crippen LogP contribution in [0.4, 0.5) is 10.5 Å². The maximum atomic E-state index is 13.0. The highest BCUT2D eigenvalue weighted by Gasteiger charge is 2.50. The summed E-state index contributed by atoms with van der Waals surface area (Å²) in [5.41, 5.74) is -0.293. The lowest BCUT2D eigenvalue weighted by molar-refractivity contribution is -0.133. The SMILES string of the molecule is COc1ccc(OC)c(NC(=O)CN2C(=O)N[C@@](C)(c3ccccc3Br)C2=O)c1. The van der Waals surface area contributed by atoms with Crippen LogP contribution in [0, 0.1) is 0 Å². The summed E-state index contributed by atoms with van der Waals surface area (Å²) < 4.78 is 11.1. The number of rotatable bonds is 6. The van der Waals surface area contributed by atoms with Gasteiger partial charge in [0.05, 0.1) is 19.9 Å². The molecule has 1 aliphatic heterocycles. The van der Waals surface area contributed by atoms with Crippen LogP contribution in [0.25, 0.3) is 0 Å². The van der Waals surface area contributed by atoms with Crippen LogP contribution in [0.1, 0.15) is 12.5 Å². The summed E-state index contributed by atoms with van der Waals surface area (Å²) >= 11 is 3.41. The predicted octanol–water partition coefficient (Wildman–Crippen LogP) is 2.87. The molecule has 152 valence electrons. The van der Waals surface area contributed by atoms with Gasteiger partial charge in [-0.1, -0.05) is 34.1 Å². The van der Waals surface area contributed by atoms with E-state index in [1.807, 2.05) is 6.07 Å².